The third kappa shape index (κ3) is 22.8. The lowest BCUT2D eigenvalue weighted by molar-refractivity contribution is -0.152. The lowest BCUT2D eigenvalue weighted by atomic mass is 10.1. The van der Waals surface area contributed by atoms with Gasteiger partial charge in [0, 0.05) is 12.8 Å². The molecule has 0 saturated heterocycles. The number of rotatable bonds is 21. The topological polar surface area (TPSA) is 52.6 Å². The van der Waals surface area contributed by atoms with E-state index in [1.807, 2.05) is 0 Å². The molecule has 0 spiro atoms. The zero-order valence-corrected chi connectivity index (χ0v) is 19.2. The summed E-state index contributed by atoms with van der Waals surface area (Å²) >= 11 is 0. The summed E-state index contributed by atoms with van der Waals surface area (Å²) in [5.74, 6) is -0.384. The van der Waals surface area contributed by atoms with E-state index in [9.17, 15) is 9.59 Å². The third-order valence-corrected chi connectivity index (χ3v) is 4.99. The van der Waals surface area contributed by atoms with Gasteiger partial charge in [-0.3, -0.25) is 9.59 Å². The molecule has 0 aromatic heterocycles. The van der Waals surface area contributed by atoms with Crippen molar-refractivity contribution in [3.8, 4) is 0 Å². The Morgan fingerprint density at radius 3 is 1.45 bits per heavy atom. The predicted molar refractivity (Wildman–Crippen MR) is 121 cm³/mol. The number of esters is 2. The van der Waals surface area contributed by atoms with Gasteiger partial charge < -0.3 is 9.47 Å². The lowest BCUT2D eigenvalue weighted by Crippen LogP contribution is -2.13. The summed E-state index contributed by atoms with van der Waals surface area (Å²) in [5, 5.41) is 0. The highest BCUT2D eigenvalue weighted by Gasteiger charge is 2.05. The second-order valence-electron chi connectivity index (χ2n) is 7.88. The summed E-state index contributed by atoms with van der Waals surface area (Å²) in [7, 11) is 0. The molecule has 0 radical (unpaired) electrons. The molecule has 0 aliphatic heterocycles. The second kappa shape index (κ2) is 23.0. The SMILES string of the molecule is CCCCCCC/C=C/CCCCCCCC(=O)OCCOC(=O)CCCCC. The zero-order chi connectivity index (χ0) is 21.4. The molecule has 4 heteroatoms. The summed E-state index contributed by atoms with van der Waals surface area (Å²) in [6.45, 7) is 4.69. The quantitative estimate of drug-likeness (QED) is 0.113. The maximum Gasteiger partial charge on any atom is 0.305 e. The molecule has 0 atom stereocenters. The minimum Gasteiger partial charge on any atom is -0.462 e. The van der Waals surface area contributed by atoms with Crippen molar-refractivity contribution < 1.29 is 19.1 Å². The second-order valence-corrected chi connectivity index (χ2v) is 7.88. The van der Waals surface area contributed by atoms with Gasteiger partial charge in [-0.05, 0) is 38.5 Å². The number of carbonyl (C=O) groups excluding carboxylic acids is 2. The first-order chi connectivity index (χ1) is 14.2. The molecule has 0 N–H and O–H groups in total. The Labute approximate surface area is 179 Å². The van der Waals surface area contributed by atoms with E-state index in [0.717, 1.165) is 32.1 Å². The van der Waals surface area contributed by atoms with Crippen molar-refractivity contribution >= 4 is 11.9 Å². The molecule has 0 aromatic rings. The van der Waals surface area contributed by atoms with E-state index in [0.29, 0.717) is 12.8 Å². The summed E-state index contributed by atoms with van der Waals surface area (Å²) < 4.78 is 10.2. The van der Waals surface area contributed by atoms with Crippen LogP contribution in [-0.2, 0) is 19.1 Å². The van der Waals surface area contributed by atoms with Crippen LogP contribution in [0.4, 0.5) is 0 Å². The van der Waals surface area contributed by atoms with Gasteiger partial charge in [-0.15, -0.1) is 0 Å². The van der Waals surface area contributed by atoms with Crippen LogP contribution < -0.4 is 0 Å². The summed E-state index contributed by atoms with van der Waals surface area (Å²) in [6, 6.07) is 0. The van der Waals surface area contributed by atoms with Crippen molar-refractivity contribution in [3.63, 3.8) is 0 Å². The molecule has 0 unspecified atom stereocenters. The molecule has 0 fully saturated rings. The highest BCUT2D eigenvalue weighted by Crippen LogP contribution is 2.10. The molecule has 0 saturated carbocycles. The van der Waals surface area contributed by atoms with Crippen LogP contribution in [0.25, 0.3) is 0 Å². The Kier molecular flexibility index (Phi) is 21.9. The fourth-order valence-corrected chi connectivity index (χ4v) is 3.14. The summed E-state index contributed by atoms with van der Waals surface area (Å²) in [6.07, 6.45) is 23.3. The number of ether oxygens (including phenoxy) is 2. The van der Waals surface area contributed by atoms with E-state index in [1.54, 1.807) is 0 Å². The van der Waals surface area contributed by atoms with Crippen molar-refractivity contribution in [2.45, 2.75) is 123 Å². The van der Waals surface area contributed by atoms with Crippen LogP contribution in [0.2, 0.25) is 0 Å². The Morgan fingerprint density at radius 1 is 0.552 bits per heavy atom. The fraction of sp³-hybridized carbons (Fsp3) is 0.840. The van der Waals surface area contributed by atoms with Crippen LogP contribution in [0.15, 0.2) is 12.2 Å². The van der Waals surface area contributed by atoms with E-state index in [4.69, 9.17) is 9.47 Å². The third-order valence-electron chi connectivity index (χ3n) is 4.99. The highest BCUT2D eigenvalue weighted by atomic mass is 16.6. The first-order valence-corrected chi connectivity index (χ1v) is 12.2. The van der Waals surface area contributed by atoms with Gasteiger partial charge in [-0.2, -0.15) is 0 Å². The summed E-state index contributed by atoms with van der Waals surface area (Å²) in [4.78, 5) is 23.1. The molecule has 29 heavy (non-hydrogen) atoms. The minimum absolute atomic E-state index is 0.170. The van der Waals surface area contributed by atoms with Crippen molar-refractivity contribution in [3.05, 3.63) is 12.2 Å². The standard InChI is InChI=1S/C25H46O4/c1-3-5-7-8-9-10-11-12-13-14-15-16-17-19-21-25(27)29-23-22-28-24(26)20-18-6-4-2/h11-12H,3-10,13-23H2,1-2H3/b12-11+. The molecular weight excluding hydrogens is 364 g/mol. The van der Waals surface area contributed by atoms with E-state index in [2.05, 4.69) is 26.0 Å². The maximum atomic E-state index is 11.6. The van der Waals surface area contributed by atoms with E-state index in [1.165, 1.54) is 64.2 Å². The van der Waals surface area contributed by atoms with Crippen molar-refractivity contribution in [1.82, 2.24) is 0 Å². The first kappa shape index (κ1) is 27.7. The monoisotopic (exact) mass is 410 g/mol. The van der Waals surface area contributed by atoms with Gasteiger partial charge in [-0.1, -0.05) is 83.8 Å². The van der Waals surface area contributed by atoms with Gasteiger partial charge in [0.25, 0.3) is 0 Å². The van der Waals surface area contributed by atoms with Crippen LogP contribution in [0.1, 0.15) is 123 Å². The molecular formula is C25H46O4. The van der Waals surface area contributed by atoms with E-state index < -0.39 is 0 Å². The number of carbonyl (C=O) groups is 2. The van der Waals surface area contributed by atoms with Gasteiger partial charge >= 0.3 is 11.9 Å². The van der Waals surface area contributed by atoms with Crippen molar-refractivity contribution in [1.29, 1.82) is 0 Å². The number of allylic oxidation sites excluding steroid dienone is 2. The Hall–Kier alpha value is -1.32. The summed E-state index contributed by atoms with van der Waals surface area (Å²) in [5.41, 5.74) is 0. The molecule has 0 bridgehead atoms. The van der Waals surface area contributed by atoms with Crippen LogP contribution in [0.5, 0.6) is 0 Å². The molecule has 0 aliphatic carbocycles. The van der Waals surface area contributed by atoms with Crippen LogP contribution in [0, 0.1) is 0 Å². The number of hydrogen-bond donors (Lipinski definition) is 0. The smallest absolute Gasteiger partial charge is 0.305 e. The molecule has 0 heterocycles. The number of unbranched alkanes of at least 4 members (excludes halogenated alkanes) is 12. The molecule has 0 aromatic carbocycles. The van der Waals surface area contributed by atoms with Crippen LogP contribution >= 0.6 is 0 Å². The average molecular weight is 411 g/mol. The fourth-order valence-electron chi connectivity index (χ4n) is 3.14. The highest BCUT2D eigenvalue weighted by molar-refractivity contribution is 5.70. The average Bonchev–Trinajstić information content (AvgIpc) is 2.71. The van der Waals surface area contributed by atoms with Gasteiger partial charge in [0.05, 0.1) is 0 Å². The maximum absolute atomic E-state index is 11.6. The largest absolute Gasteiger partial charge is 0.462 e. The first-order valence-electron chi connectivity index (χ1n) is 12.2. The van der Waals surface area contributed by atoms with Gasteiger partial charge in [-0.25, -0.2) is 0 Å². The molecule has 0 aliphatic rings. The van der Waals surface area contributed by atoms with Crippen LogP contribution in [0.3, 0.4) is 0 Å². The molecule has 0 amide bonds. The number of hydrogen-bond acceptors (Lipinski definition) is 4. The normalized spacial score (nSPS) is 11.1. The van der Waals surface area contributed by atoms with Gasteiger partial charge in [0.15, 0.2) is 0 Å². The minimum atomic E-state index is -0.198. The Bertz CT molecular complexity index is 404. The molecule has 170 valence electrons. The van der Waals surface area contributed by atoms with Crippen molar-refractivity contribution in [2.75, 3.05) is 13.2 Å². The van der Waals surface area contributed by atoms with Gasteiger partial charge in [0.2, 0.25) is 0 Å². The van der Waals surface area contributed by atoms with Crippen molar-refractivity contribution in [2.24, 2.45) is 0 Å². The molecule has 0 rings (SSSR count). The Balaban J connectivity index is 3.30. The van der Waals surface area contributed by atoms with E-state index in [-0.39, 0.29) is 25.2 Å². The Morgan fingerprint density at radius 2 is 0.931 bits per heavy atom. The van der Waals surface area contributed by atoms with Gasteiger partial charge in [0.1, 0.15) is 13.2 Å². The lowest BCUT2D eigenvalue weighted by Gasteiger charge is -2.06. The van der Waals surface area contributed by atoms with E-state index >= 15 is 0 Å². The predicted octanol–water partition coefficient (Wildman–Crippen LogP) is 7.30. The zero-order valence-electron chi connectivity index (χ0n) is 19.2. The molecule has 4 nitrogen and oxygen atoms in total. The van der Waals surface area contributed by atoms with Crippen LogP contribution in [-0.4, -0.2) is 25.2 Å².